The summed E-state index contributed by atoms with van der Waals surface area (Å²) < 4.78 is 22.0. The van der Waals surface area contributed by atoms with Gasteiger partial charge in [-0.2, -0.15) is 0 Å². The smallest absolute Gasteiger partial charge is 0.289 e. The summed E-state index contributed by atoms with van der Waals surface area (Å²) in [5, 5.41) is 0.874. The van der Waals surface area contributed by atoms with Gasteiger partial charge >= 0.3 is 0 Å². The van der Waals surface area contributed by atoms with Gasteiger partial charge in [-0.1, -0.05) is 6.07 Å². The normalized spacial score (nSPS) is 10.8. The highest BCUT2D eigenvalue weighted by molar-refractivity contribution is 5.99. The summed E-state index contributed by atoms with van der Waals surface area (Å²) in [6, 6.07) is 11.2. The van der Waals surface area contributed by atoms with Crippen LogP contribution in [0.1, 0.15) is 28.6 Å². The maximum atomic E-state index is 13.0. The molecule has 1 amide bonds. The van der Waals surface area contributed by atoms with Crippen LogP contribution in [0.2, 0.25) is 0 Å². The number of ether oxygens (including phenoxy) is 3. The maximum Gasteiger partial charge on any atom is 0.289 e. The summed E-state index contributed by atoms with van der Waals surface area (Å²) >= 11 is 0. The largest absolute Gasteiger partial charge is 0.497 e. The van der Waals surface area contributed by atoms with Gasteiger partial charge in [-0.25, -0.2) is 0 Å². The van der Waals surface area contributed by atoms with Crippen molar-refractivity contribution in [2.75, 3.05) is 27.9 Å². The summed E-state index contributed by atoms with van der Waals surface area (Å²) in [5.74, 6) is 2.21. The third-order valence-electron chi connectivity index (χ3n) is 4.63. The third kappa shape index (κ3) is 3.76. The lowest BCUT2D eigenvalue weighted by Crippen LogP contribution is -2.26. The molecule has 6 nitrogen and oxygen atoms in total. The fraction of sp³-hybridized carbons (Fsp3) is 0.318. The van der Waals surface area contributed by atoms with Crippen LogP contribution < -0.4 is 14.2 Å². The van der Waals surface area contributed by atoms with E-state index in [4.69, 9.17) is 18.6 Å². The van der Waals surface area contributed by atoms with Gasteiger partial charge in [-0.15, -0.1) is 0 Å². The first kappa shape index (κ1) is 19.6. The molecular weight excluding hydrogens is 358 g/mol. The number of methoxy groups -OCH3 is 2. The number of furan rings is 1. The van der Waals surface area contributed by atoms with Crippen LogP contribution in [-0.2, 0) is 6.54 Å². The fourth-order valence-electron chi connectivity index (χ4n) is 3.14. The number of amides is 1. The van der Waals surface area contributed by atoms with Crippen LogP contribution in [0, 0.1) is 6.92 Å². The predicted molar refractivity (Wildman–Crippen MR) is 107 cm³/mol. The second kappa shape index (κ2) is 8.25. The van der Waals surface area contributed by atoms with Gasteiger partial charge in [0.05, 0.1) is 20.8 Å². The molecule has 3 aromatic rings. The van der Waals surface area contributed by atoms with Gasteiger partial charge in [0.25, 0.3) is 5.91 Å². The van der Waals surface area contributed by atoms with E-state index in [1.54, 1.807) is 26.2 Å². The van der Waals surface area contributed by atoms with Gasteiger partial charge in [-0.3, -0.25) is 4.79 Å². The van der Waals surface area contributed by atoms with Crippen LogP contribution in [0.4, 0.5) is 0 Å². The van der Waals surface area contributed by atoms with E-state index in [1.807, 2.05) is 50.2 Å². The summed E-state index contributed by atoms with van der Waals surface area (Å²) in [5.41, 5.74) is 2.40. The highest BCUT2D eigenvalue weighted by atomic mass is 16.5. The number of carbonyl (C=O) groups excluding carboxylic acids is 1. The first-order valence-corrected chi connectivity index (χ1v) is 9.10. The van der Waals surface area contributed by atoms with Crippen molar-refractivity contribution >= 4 is 16.9 Å². The highest BCUT2D eigenvalue weighted by Crippen LogP contribution is 2.31. The van der Waals surface area contributed by atoms with Crippen LogP contribution in [-0.4, -0.2) is 38.7 Å². The molecule has 1 aromatic heterocycles. The number of carbonyl (C=O) groups is 1. The zero-order valence-electron chi connectivity index (χ0n) is 16.9. The SMILES string of the molecule is CCOc1ccc(CN(C)C(=O)c2oc3ccc(OC)cc3c2C)cc1OC. The topological polar surface area (TPSA) is 61.1 Å². The maximum absolute atomic E-state index is 13.0. The molecule has 0 aliphatic heterocycles. The Labute approximate surface area is 164 Å². The van der Waals surface area contributed by atoms with Gasteiger partial charge in [-0.05, 0) is 49.7 Å². The number of fused-ring (bicyclic) bond motifs is 1. The van der Waals surface area contributed by atoms with E-state index >= 15 is 0 Å². The molecule has 3 rings (SSSR count). The summed E-state index contributed by atoms with van der Waals surface area (Å²) in [6.07, 6.45) is 0. The van der Waals surface area contributed by atoms with E-state index < -0.39 is 0 Å². The van der Waals surface area contributed by atoms with E-state index in [1.165, 1.54) is 0 Å². The summed E-state index contributed by atoms with van der Waals surface area (Å²) in [6.45, 7) is 4.78. The molecule has 28 heavy (non-hydrogen) atoms. The second-order valence-corrected chi connectivity index (χ2v) is 6.50. The molecule has 0 saturated heterocycles. The van der Waals surface area contributed by atoms with Crippen LogP contribution >= 0.6 is 0 Å². The number of hydrogen-bond acceptors (Lipinski definition) is 5. The standard InChI is InChI=1S/C22H25NO5/c1-6-27-19-9-7-15(11-20(19)26-5)13-23(3)22(24)21-14(2)17-12-16(25-4)8-10-18(17)28-21/h7-12H,6,13H2,1-5H3. The third-order valence-corrected chi connectivity index (χ3v) is 4.63. The van der Waals surface area contributed by atoms with E-state index in [0.717, 1.165) is 22.3 Å². The molecule has 0 bridgehead atoms. The molecule has 1 heterocycles. The van der Waals surface area contributed by atoms with Gasteiger partial charge in [0.2, 0.25) is 0 Å². The van der Waals surface area contributed by atoms with Crippen LogP contribution in [0.5, 0.6) is 17.2 Å². The summed E-state index contributed by atoms with van der Waals surface area (Å²) in [7, 11) is 4.96. The van der Waals surface area contributed by atoms with Crippen molar-refractivity contribution in [2.45, 2.75) is 20.4 Å². The predicted octanol–water partition coefficient (Wildman–Crippen LogP) is 4.43. The van der Waals surface area contributed by atoms with Crippen LogP contribution in [0.15, 0.2) is 40.8 Å². The van der Waals surface area contributed by atoms with Crippen molar-refractivity contribution in [3.8, 4) is 17.2 Å². The zero-order valence-corrected chi connectivity index (χ0v) is 16.9. The second-order valence-electron chi connectivity index (χ2n) is 6.50. The number of nitrogens with zero attached hydrogens (tertiary/aromatic N) is 1. The molecule has 0 aliphatic rings. The monoisotopic (exact) mass is 383 g/mol. The Morgan fingerprint density at radius 1 is 1.07 bits per heavy atom. The van der Waals surface area contributed by atoms with Crippen molar-refractivity contribution in [3.63, 3.8) is 0 Å². The molecule has 6 heteroatoms. The average Bonchev–Trinajstić information content (AvgIpc) is 3.04. The highest BCUT2D eigenvalue weighted by Gasteiger charge is 2.22. The molecule has 0 unspecified atom stereocenters. The molecule has 148 valence electrons. The summed E-state index contributed by atoms with van der Waals surface area (Å²) in [4.78, 5) is 14.6. The Morgan fingerprint density at radius 3 is 2.54 bits per heavy atom. The lowest BCUT2D eigenvalue weighted by Gasteiger charge is -2.17. The number of hydrogen-bond donors (Lipinski definition) is 0. The minimum atomic E-state index is -0.180. The quantitative estimate of drug-likeness (QED) is 0.604. The van der Waals surface area contributed by atoms with Crippen molar-refractivity contribution < 1.29 is 23.4 Å². The van der Waals surface area contributed by atoms with Crippen molar-refractivity contribution in [3.05, 3.63) is 53.3 Å². The Kier molecular flexibility index (Phi) is 5.78. The Hall–Kier alpha value is -3.15. The lowest BCUT2D eigenvalue weighted by atomic mass is 10.1. The molecular formula is C22H25NO5. The first-order valence-electron chi connectivity index (χ1n) is 9.10. The van der Waals surface area contributed by atoms with E-state index in [0.29, 0.717) is 36.0 Å². The Bertz CT molecular complexity index is 992. The fourth-order valence-corrected chi connectivity index (χ4v) is 3.14. The van der Waals surface area contributed by atoms with Gasteiger partial charge in [0.15, 0.2) is 17.3 Å². The van der Waals surface area contributed by atoms with Crippen molar-refractivity contribution in [1.29, 1.82) is 0 Å². The Morgan fingerprint density at radius 2 is 1.86 bits per heavy atom. The van der Waals surface area contributed by atoms with Crippen LogP contribution in [0.25, 0.3) is 11.0 Å². The lowest BCUT2D eigenvalue weighted by molar-refractivity contribution is 0.0754. The molecule has 0 saturated carbocycles. The average molecular weight is 383 g/mol. The zero-order chi connectivity index (χ0) is 20.3. The Balaban J connectivity index is 1.83. The minimum absolute atomic E-state index is 0.180. The molecule has 0 fully saturated rings. The number of benzene rings is 2. The molecule has 2 aromatic carbocycles. The van der Waals surface area contributed by atoms with E-state index in [9.17, 15) is 4.79 Å². The van der Waals surface area contributed by atoms with Crippen molar-refractivity contribution in [1.82, 2.24) is 4.90 Å². The first-order chi connectivity index (χ1) is 13.5. The number of aryl methyl sites for hydroxylation is 1. The number of rotatable bonds is 7. The molecule has 0 atom stereocenters. The van der Waals surface area contributed by atoms with E-state index in [-0.39, 0.29) is 5.91 Å². The van der Waals surface area contributed by atoms with Gasteiger partial charge in [0.1, 0.15) is 11.3 Å². The molecule has 0 N–H and O–H groups in total. The molecule has 0 aliphatic carbocycles. The van der Waals surface area contributed by atoms with Crippen molar-refractivity contribution in [2.24, 2.45) is 0 Å². The van der Waals surface area contributed by atoms with Crippen LogP contribution in [0.3, 0.4) is 0 Å². The van der Waals surface area contributed by atoms with E-state index in [2.05, 4.69) is 0 Å². The molecule has 0 radical (unpaired) electrons. The van der Waals surface area contributed by atoms with Gasteiger partial charge < -0.3 is 23.5 Å². The molecule has 0 spiro atoms. The van der Waals surface area contributed by atoms with Gasteiger partial charge in [0, 0.05) is 24.5 Å². The minimum Gasteiger partial charge on any atom is -0.497 e.